The van der Waals surface area contributed by atoms with Crippen molar-refractivity contribution < 1.29 is 17.6 Å². The molecule has 1 aliphatic heterocycles. The van der Waals surface area contributed by atoms with E-state index in [1.165, 1.54) is 4.31 Å². The molecule has 2 aromatic rings. The summed E-state index contributed by atoms with van der Waals surface area (Å²) in [6.07, 6.45) is 3.58. The van der Waals surface area contributed by atoms with Crippen LogP contribution in [0.3, 0.4) is 0 Å². The molecule has 1 saturated heterocycles. The van der Waals surface area contributed by atoms with Gasteiger partial charge in [0.15, 0.2) is 0 Å². The van der Waals surface area contributed by atoms with Crippen LogP contribution in [-0.4, -0.2) is 38.3 Å². The predicted molar refractivity (Wildman–Crippen MR) is 101 cm³/mol. The van der Waals surface area contributed by atoms with Crippen molar-refractivity contribution in [3.63, 3.8) is 0 Å². The zero-order valence-corrected chi connectivity index (χ0v) is 16.6. The number of nitrogens with one attached hydrogen (secondary N) is 1. The van der Waals surface area contributed by atoms with Gasteiger partial charge in [-0.05, 0) is 49.2 Å². The number of rotatable bonds is 6. The average molecular weight is 441 g/mol. The fourth-order valence-electron chi connectivity index (χ4n) is 3.04. The van der Waals surface area contributed by atoms with E-state index >= 15 is 0 Å². The van der Waals surface area contributed by atoms with Crippen LogP contribution in [0.25, 0.3) is 0 Å². The first-order chi connectivity index (χ1) is 12.5. The van der Waals surface area contributed by atoms with E-state index in [0.717, 1.165) is 10.2 Å². The fourth-order valence-corrected chi connectivity index (χ4v) is 4.83. The van der Waals surface area contributed by atoms with Gasteiger partial charge in [-0.1, -0.05) is 15.9 Å². The molecule has 0 spiro atoms. The van der Waals surface area contributed by atoms with Crippen LogP contribution in [0, 0.1) is 5.92 Å². The van der Waals surface area contributed by atoms with Crippen LogP contribution in [0.1, 0.15) is 18.6 Å². The molecule has 1 aliphatic rings. The van der Waals surface area contributed by atoms with Gasteiger partial charge in [0.05, 0.1) is 17.1 Å². The monoisotopic (exact) mass is 440 g/mol. The Balaban J connectivity index is 1.59. The number of carbonyl (C=O) groups excluding carboxylic acids is 1. The van der Waals surface area contributed by atoms with Crippen molar-refractivity contribution in [1.29, 1.82) is 0 Å². The topological polar surface area (TPSA) is 79.6 Å². The highest BCUT2D eigenvalue weighted by Gasteiger charge is 2.33. The third-order valence-electron chi connectivity index (χ3n) is 4.46. The Kier molecular flexibility index (Phi) is 6.16. The molecule has 0 bridgehead atoms. The number of piperidine rings is 1. The molecule has 1 aromatic heterocycles. The van der Waals surface area contributed by atoms with E-state index in [2.05, 4.69) is 21.2 Å². The standard InChI is InChI=1S/C18H21BrN2O4S/c19-15-5-7-17(8-6-15)26(23,24)21-11-1-3-14(13-21)18(22)20-10-9-16-4-2-12-25-16/h2,4-8,12,14H,1,3,9-11,13H2,(H,20,22). The van der Waals surface area contributed by atoms with Crippen molar-refractivity contribution in [2.45, 2.75) is 24.2 Å². The number of hydrogen-bond acceptors (Lipinski definition) is 4. The zero-order chi connectivity index (χ0) is 18.6. The smallest absolute Gasteiger partial charge is 0.243 e. The van der Waals surface area contributed by atoms with E-state index in [4.69, 9.17) is 4.42 Å². The Hall–Kier alpha value is -1.64. The molecular formula is C18H21BrN2O4S. The van der Waals surface area contributed by atoms with Gasteiger partial charge in [0.2, 0.25) is 15.9 Å². The molecule has 1 amide bonds. The maximum atomic E-state index is 12.8. The molecule has 26 heavy (non-hydrogen) atoms. The highest BCUT2D eigenvalue weighted by Crippen LogP contribution is 2.25. The third-order valence-corrected chi connectivity index (χ3v) is 6.87. The SMILES string of the molecule is O=C(NCCc1ccco1)C1CCCN(S(=O)(=O)c2ccc(Br)cc2)C1. The summed E-state index contributed by atoms with van der Waals surface area (Å²) in [5.74, 6) is 0.381. The summed E-state index contributed by atoms with van der Waals surface area (Å²) in [5.41, 5.74) is 0. The first-order valence-corrected chi connectivity index (χ1v) is 10.8. The Morgan fingerprint density at radius 2 is 2.04 bits per heavy atom. The van der Waals surface area contributed by atoms with E-state index in [1.54, 1.807) is 30.5 Å². The Labute approximate surface area is 161 Å². The summed E-state index contributed by atoms with van der Waals surface area (Å²) in [6, 6.07) is 10.2. The quantitative estimate of drug-likeness (QED) is 0.748. The average Bonchev–Trinajstić information content (AvgIpc) is 3.15. The first kappa shape index (κ1) is 19.1. The number of hydrogen-bond donors (Lipinski definition) is 1. The van der Waals surface area contributed by atoms with Crippen molar-refractivity contribution in [2.75, 3.05) is 19.6 Å². The van der Waals surface area contributed by atoms with Gasteiger partial charge in [-0.2, -0.15) is 4.31 Å². The lowest BCUT2D eigenvalue weighted by Gasteiger charge is -2.31. The molecule has 140 valence electrons. The van der Waals surface area contributed by atoms with Crippen molar-refractivity contribution in [3.8, 4) is 0 Å². The van der Waals surface area contributed by atoms with Crippen LogP contribution in [-0.2, 0) is 21.2 Å². The molecule has 1 aromatic carbocycles. The number of benzene rings is 1. The van der Waals surface area contributed by atoms with Crippen molar-refractivity contribution in [1.82, 2.24) is 9.62 Å². The molecule has 0 saturated carbocycles. The van der Waals surface area contributed by atoms with E-state index in [9.17, 15) is 13.2 Å². The van der Waals surface area contributed by atoms with Crippen LogP contribution in [0.2, 0.25) is 0 Å². The molecule has 1 N–H and O–H groups in total. The van der Waals surface area contributed by atoms with Gasteiger partial charge in [-0.3, -0.25) is 4.79 Å². The van der Waals surface area contributed by atoms with Crippen LogP contribution in [0.5, 0.6) is 0 Å². The van der Waals surface area contributed by atoms with Gasteiger partial charge in [0, 0.05) is 30.5 Å². The number of amides is 1. The van der Waals surface area contributed by atoms with E-state index < -0.39 is 10.0 Å². The lowest BCUT2D eigenvalue weighted by Crippen LogP contribution is -2.45. The Bertz CT molecular complexity index is 835. The minimum Gasteiger partial charge on any atom is -0.469 e. The summed E-state index contributed by atoms with van der Waals surface area (Å²) in [4.78, 5) is 12.7. The molecular weight excluding hydrogens is 420 g/mol. The molecule has 8 heteroatoms. The molecule has 6 nitrogen and oxygen atoms in total. The first-order valence-electron chi connectivity index (χ1n) is 8.52. The number of nitrogens with zero attached hydrogens (tertiary/aromatic N) is 1. The second-order valence-corrected chi connectivity index (χ2v) is 9.13. The van der Waals surface area contributed by atoms with E-state index in [-0.39, 0.29) is 23.3 Å². The molecule has 0 radical (unpaired) electrons. The fraction of sp³-hybridized carbons (Fsp3) is 0.389. The number of furan rings is 1. The largest absolute Gasteiger partial charge is 0.469 e. The van der Waals surface area contributed by atoms with Crippen LogP contribution in [0.15, 0.2) is 56.4 Å². The lowest BCUT2D eigenvalue weighted by molar-refractivity contribution is -0.126. The molecule has 1 fully saturated rings. The second kappa shape index (κ2) is 8.37. The lowest BCUT2D eigenvalue weighted by atomic mass is 9.99. The number of carbonyl (C=O) groups is 1. The molecule has 2 heterocycles. The normalized spacial score (nSPS) is 18.6. The summed E-state index contributed by atoms with van der Waals surface area (Å²) < 4.78 is 33.1. The van der Waals surface area contributed by atoms with Gasteiger partial charge in [0.25, 0.3) is 0 Å². The molecule has 1 unspecified atom stereocenters. The van der Waals surface area contributed by atoms with Crippen molar-refractivity contribution >= 4 is 31.9 Å². The summed E-state index contributed by atoms with van der Waals surface area (Å²) in [5, 5.41) is 2.88. The number of halogens is 1. The summed E-state index contributed by atoms with van der Waals surface area (Å²) >= 11 is 3.31. The third kappa shape index (κ3) is 4.55. The molecule has 0 aliphatic carbocycles. The molecule has 3 rings (SSSR count). The number of sulfonamides is 1. The highest BCUT2D eigenvalue weighted by atomic mass is 79.9. The summed E-state index contributed by atoms with van der Waals surface area (Å²) in [6.45, 7) is 1.13. The minimum absolute atomic E-state index is 0.104. The van der Waals surface area contributed by atoms with E-state index in [0.29, 0.717) is 32.4 Å². The maximum absolute atomic E-state index is 12.8. The molecule has 1 atom stereocenters. The van der Waals surface area contributed by atoms with E-state index in [1.807, 2.05) is 12.1 Å². The van der Waals surface area contributed by atoms with Crippen LogP contribution < -0.4 is 5.32 Å². The van der Waals surface area contributed by atoms with Gasteiger partial charge >= 0.3 is 0 Å². The van der Waals surface area contributed by atoms with Gasteiger partial charge in [-0.15, -0.1) is 0 Å². The van der Waals surface area contributed by atoms with Crippen LogP contribution >= 0.6 is 15.9 Å². The second-order valence-electron chi connectivity index (χ2n) is 6.28. The predicted octanol–water partition coefficient (Wildman–Crippen LogP) is 2.80. The Morgan fingerprint density at radius 1 is 1.27 bits per heavy atom. The Morgan fingerprint density at radius 3 is 2.73 bits per heavy atom. The zero-order valence-electron chi connectivity index (χ0n) is 14.2. The minimum atomic E-state index is -3.58. The maximum Gasteiger partial charge on any atom is 0.243 e. The van der Waals surface area contributed by atoms with Crippen molar-refractivity contribution in [2.24, 2.45) is 5.92 Å². The van der Waals surface area contributed by atoms with Gasteiger partial charge < -0.3 is 9.73 Å². The van der Waals surface area contributed by atoms with Crippen molar-refractivity contribution in [3.05, 3.63) is 52.9 Å². The van der Waals surface area contributed by atoms with Gasteiger partial charge in [0.1, 0.15) is 5.76 Å². The van der Waals surface area contributed by atoms with Gasteiger partial charge in [-0.25, -0.2) is 8.42 Å². The van der Waals surface area contributed by atoms with Crippen LogP contribution in [0.4, 0.5) is 0 Å². The highest BCUT2D eigenvalue weighted by molar-refractivity contribution is 9.10. The summed E-state index contributed by atoms with van der Waals surface area (Å²) in [7, 11) is -3.58.